The van der Waals surface area contributed by atoms with Gasteiger partial charge < -0.3 is 19.4 Å². The minimum atomic E-state index is -0.236. The Bertz CT molecular complexity index is 1300. The maximum Gasteiger partial charge on any atom is 0.258 e. The van der Waals surface area contributed by atoms with Crippen LogP contribution in [0.1, 0.15) is 21.7 Å². The molecule has 0 saturated carbocycles. The number of nitrogens with zero attached hydrogens (tertiary/aromatic N) is 2. The number of H-pyrrole nitrogens is 1. The molecule has 1 N–H and O–H groups in total. The van der Waals surface area contributed by atoms with Crippen molar-refractivity contribution >= 4 is 16.8 Å². The lowest BCUT2D eigenvalue weighted by molar-refractivity contribution is 0.0724. The van der Waals surface area contributed by atoms with Crippen molar-refractivity contribution in [1.82, 2.24) is 14.9 Å². The van der Waals surface area contributed by atoms with Gasteiger partial charge in [0.05, 0.1) is 38.2 Å². The lowest BCUT2D eigenvalue weighted by atomic mass is 10.1. The number of aromatic amines is 1. The van der Waals surface area contributed by atoms with Crippen LogP contribution in [0.2, 0.25) is 0 Å². The molecule has 0 bridgehead atoms. The Kier molecular flexibility index (Phi) is 6.17. The topological polar surface area (TPSA) is 84.5 Å². The summed E-state index contributed by atoms with van der Waals surface area (Å²) in [7, 11) is 3.17. The summed E-state index contributed by atoms with van der Waals surface area (Å²) >= 11 is 0. The van der Waals surface area contributed by atoms with Crippen molar-refractivity contribution in [3.05, 3.63) is 100 Å². The molecular weight excluding hydrogens is 406 g/mol. The molecule has 0 fully saturated rings. The van der Waals surface area contributed by atoms with E-state index in [1.165, 1.54) is 0 Å². The van der Waals surface area contributed by atoms with E-state index in [0.717, 1.165) is 5.56 Å². The second kappa shape index (κ2) is 9.34. The maximum atomic E-state index is 13.4. The number of aromatic nitrogens is 2. The third kappa shape index (κ3) is 4.46. The Morgan fingerprint density at radius 3 is 2.38 bits per heavy atom. The van der Waals surface area contributed by atoms with Gasteiger partial charge in [0.2, 0.25) is 0 Å². The Morgan fingerprint density at radius 1 is 0.906 bits per heavy atom. The lowest BCUT2D eigenvalue weighted by Crippen LogP contribution is -2.32. The normalized spacial score (nSPS) is 10.7. The molecule has 1 amide bonds. The second-order valence-corrected chi connectivity index (χ2v) is 7.23. The van der Waals surface area contributed by atoms with Crippen molar-refractivity contribution in [2.45, 2.75) is 13.1 Å². The summed E-state index contributed by atoms with van der Waals surface area (Å²) < 4.78 is 10.7. The highest BCUT2D eigenvalue weighted by Gasteiger charge is 2.20. The smallest absolute Gasteiger partial charge is 0.258 e. The lowest BCUT2D eigenvalue weighted by Gasteiger charge is -2.23. The van der Waals surface area contributed by atoms with E-state index in [1.807, 2.05) is 30.3 Å². The molecule has 0 atom stereocenters. The number of nitrogens with one attached hydrogen (secondary N) is 1. The molecular formula is C25H23N3O4. The number of ether oxygens (including phenoxy) is 2. The summed E-state index contributed by atoms with van der Waals surface area (Å²) in [5.74, 6) is 1.55. The number of fused-ring (bicyclic) bond motifs is 1. The standard InChI is InChI=1S/C25H23N3O4/c1-31-19-13-11-17(12-14-19)25(30)28(15-18-7-3-6-10-22(18)32-2)16-23-26-21-9-5-4-8-20(21)24(29)27-23/h3-14H,15-16H2,1-2H3,(H,26,27,29). The predicted molar refractivity (Wildman–Crippen MR) is 122 cm³/mol. The third-order valence-electron chi connectivity index (χ3n) is 5.18. The number of hydrogen-bond acceptors (Lipinski definition) is 5. The number of amides is 1. The van der Waals surface area contributed by atoms with Crippen LogP contribution in [-0.4, -0.2) is 35.0 Å². The van der Waals surface area contributed by atoms with Gasteiger partial charge in [-0.1, -0.05) is 30.3 Å². The Morgan fingerprint density at radius 2 is 1.62 bits per heavy atom. The number of para-hydroxylation sites is 2. The number of methoxy groups -OCH3 is 2. The monoisotopic (exact) mass is 429 g/mol. The largest absolute Gasteiger partial charge is 0.497 e. The summed E-state index contributed by atoms with van der Waals surface area (Å²) in [5, 5.41) is 0.508. The van der Waals surface area contributed by atoms with E-state index in [1.54, 1.807) is 61.6 Å². The second-order valence-electron chi connectivity index (χ2n) is 7.23. The molecule has 0 radical (unpaired) electrons. The fraction of sp³-hybridized carbons (Fsp3) is 0.160. The molecule has 0 unspecified atom stereocenters. The molecule has 162 valence electrons. The van der Waals surface area contributed by atoms with Gasteiger partial charge in [-0.05, 0) is 42.5 Å². The Balaban J connectivity index is 1.71. The number of carbonyl (C=O) groups excluding carboxylic acids is 1. The Labute approximate surface area is 185 Å². The van der Waals surface area contributed by atoms with Gasteiger partial charge in [0.25, 0.3) is 11.5 Å². The van der Waals surface area contributed by atoms with Crippen molar-refractivity contribution in [2.75, 3.05) is 14.2 Å². The molecule has 32 heavy (non-hydrogen) atoms. The van der Waals surface area contributed by atoms with E-state index in [-0.39, 0.29) is 24.6 Å². The zero-order chi connectivity index (χ0) is 22.5. The van der Waals surface area contributed by atoms with Crippen molar-refractivity contribution in [1.29, 1.82) is 0 Å². The van der Waals surface area contributed by atoms with Crippen LogP contribution < -0.4 is 15.0 Å². The minimum Gasteiger partial charge on any atom is -0.497 e. The molecule has 1 heterocycles. The van der Waals surface area contributed by atoms with E-state index in [2.05, 4.69) is 9.97 Å². The van der Waals surface area contributed by atoms with Crippen LogP contribution >= 0.6 is 0 Å². The van der Waals surface area contributed by atoms with Gasteiger partial charge in [-0.3, -0.25) is 9.59 Å². The van der Waals surface area contributed by atoms with Crippen LogP contribution in [0.15, 0.2) is 77.6 Å². The average Bonchev–Trinajstić information content (AvgIpc) is 2.83. The molecule has 0 aliphatic carbocycles. The minimum absolute atomic E-state index is 0.128. The van der Waals surface area contributed by atoms with E-state index in [9.17, 15) is 9.59 Å². The molecule has 0 spiro atoms. The van der Waals surface area contributed by atoms with E-state index >= 15 is 0 Å². The van der Waals surface area contributed by atoms with Gasteiger partial charge in [-0.25, -0.2) is 4.98 Å². The first kappa shape index (κ1) is 21.1. The molecule has 4 rings (SSSR count). The van der Waals surface area contributed by atoms with Gasteiger partial charge in [0.15, 0.2) is 0 Å². The highest BCUT2D eigenvalue weighted by atomic mass is 16.5. The third-order valence-corrected chi connectivity index (χ3v) is 5.18. The highest BCUT2D eigenvalue weighted by molar-refractivity contribution is 5.94. The van der Waals surface area contributed by atoms with Crippen LogP contribution in [0.4, 0.5) is 0 Å². The SMILES string of the molecule is COc1ccc(C(=O)N(Cc2nc3ccccc3c(=O)[nH]2)Cc2ccccc2OC)cc1. The number of rotatable bonds is 7. The first-order valence-electron chi connectivity index (χ1n) is 10.1. The quantitative estimate of drug-likeness (QED) is 0.483. The summed E-state index contributed by atoms with van der Waals surface area (Å²) in [6, 6.07) is 21.6. The first-order valence-corrected chi connectivity index (χ1v) is 10.1. The van der Waals surface area contributed by atoms with Crippen LogP contribution in [0.3, 0.4) is 0 Å². The summed E-state index contributed by atoms with van der Waals surface area (Å²) in [4.78, 5) is 34.9. The predicted octanol–water partition coefficient (Wildman–Crippen LogP) is 3.78. The number of carbonyl (C=O) groups is 1. The molecule has 1 aromatic heterocycles. The summed E-state index contributed by atoms with van der Waals surface area (Å²) in [5.41, 5.74) is 1.70. The summed E-state index contributed by atoms with van der Waals surface area (Å²) in [6.45, 7) is 0.411. The van der Waals surface area contributed by atoms with Crippen molar-refractivity contribution in [3.8, 4) is 11.5 Å². The molecule has 4 aromatic rings. The maximum absolute atomic E-state index is 13.4. The van der Waals surface area contributed by atoms with Crippen molar-refractivity contribution in [2.24, 2.45) is 0 Å². The van der Waals surface area contributed by atoms with E-state index in [4.69, 9.17) is 9.47 Å². The van der Waals surface area contributed by atoms with Gasteiger partial charge in [-0.2, -0.15) is 0 Å². The molecule has 0 saturated heterocycles. The van der Waals surface area contributed by atoms with Crippen LogP contribution in [0.5, 0.6) is 11.5 Å². The summed E-state index contributed by atoms with van der Waals surface area (Å²) in [6.07, 6.45) is 0. The van der Waals surface area contributed by atoms with Crippen molar-refractivity contribution in [3.63, 3.8) is 0 Å². The van der Waals surface area contributed by atoms with Gasteiger partial charge in [-0.15, -0.1) is 0 Å². The molecule has 0 aliphatic heterocycles. The fourth-order valence-electron chi connectivity index (χ4n) is 3.55. The van der Waals surface area contributed by atoms with Crippen LogP contribution in [0.25, 0.3) is 10.9 Å². The van der Waals surface area contributed by atoms with Gasteiger partial charge >= 0.3 is 0 Å². The number of hydrogen-bond donors (Lipinski definition) is 1. The molecule has 0 aliphatic rings. The van der Waals surface area contributed by atoms with E-state index in [0.29, 0.717) is 33.8 Å². The molecule has 7 nitrogen and oxygen atoms in total. The van der Waals surface area contributed by atoms with Crippen LogP contribution in [0, 0.1) is 0 Å². The first-order chi connectivity index (χ1) is 15.6. The zero-order valence-electron chi connectivity index (χ0n) is 17.9. The average molecular weight is 429 g/mol. The van der Waals surface area contributed by atoms with E-state index < -0.39 is 0 Å². The van der Waals surface area contributed by atoms with Gasteiger partial charge in [0.1, 0.15) is 17.3 Å². The van der Waals surface area contributed by atoms with Crippen LogP contribution in [-0.2, 0) is 13.1 Å². The number of benzene rings is 3. The zero-order valence-corrected chi connectivity index (χ0v) is 17.9. The van der Waals surface area contributed by atoms with Crippen molar-refractivity contribution < 1.29 is 14.3 Å². The Hall–Kier alpha value is -4.13. The molecule has 7 heteroatoms. The molecule has 3 aromatic carbocycles. The highest BCUT2D eigenvalue weighted by Crippen LogP contribution is 2.22. The van der Waals surface area contributed by atoms with Gasteiger partial charge in [0, 0.05) is 11.1 Å². The fourth-order valence-corrected chi connectivity index (χ4v) is 3.55.